The lowest BCUT2D eigenvalue weighted by atomic mass is 9.79. The van der Waals surface area contributed by atoms with Crippen molar-refractivity contribution in [3.05, 3.63) is 35.6 Å². The number of nitrogens with one attached hydrogen (secondary N) is 3. The van der Waals surface area contributed by atoms with Crippen LogP contribution in [0.15, 0.2) is 30.6 Å². The summed E-state index contributed by atoms with van der Waals surface area (Å²) in [7, 11) is 2.12. The number of hydrogen-bond acceptors (Lipinski definition) is 8. The van der Waals surface area contributed by atoms with Gasteiger partial charge in [-0.05, 0) is 58.7 Å². The Bertz CT molecular complexity index is 907. The highest BCUT2D eigenvalue weighted by Gasteiger charge is 2.39. The average Bonchev–Trinajstić information content (AvgIpc) is 3.30. The van der Waals surface area contributed by atoms with Crippen LogP contribution < -0.4 is 26.2 Å². The Kier molecular flexibility index (Phi) is 5.23. The number of piperidine rings is 1. The van der Waals surface area contributed by atoms with Crippen molar-refractivity contribution in [3.8, 4) is 10.6 Å². The molecular formula is C20H28ClN7S. The Balaban J connectivity index is 1.54. The number of halogens is 1. The molecule has 156 valence electrons. The van der Waals surface area contributed by atoms with Crippen molar-refractivity contribution in [2.45, 2.75) is 57.7 Å². The summed E-state index contributed by atoms with van der Waals surface area (Å²) < 4.78 is 0. The van der Waals surface area contributed by atoms with Crippen LogP contribution in [0, 0.1) is 0 Å². The maximum Gasteiger partial charge on any atom is 0.208 e. The smallest absolute Gasteiger partial charge is 0.208 e. The Morgan fingerprint density at radius 3 is 2.52 bits per heavy atom. The van der Waals surface area contributed by atoms with Crippen molar-refractivity contribution < 1.29 is 0 Å². The molecule has 1 fully saturated rings. The average molecular weight is 434 g/mol. The third-order valence-electron chi connectivity index (χ3n) is 5.39. The molecule has 0 radical (unpaired) electrons. The molecule has 1 aromatic carbocycles. The Labute approximate surface area is 181 Å². The van der Waals surface area contributed by atoms with E-state index in [4.69, 9.17) is 11.6 Å². The normalized spacial score (nSPS) is 20.7. The number of hydrazine groups is 2. The first-order chi connectivity index (χ1) is 13.6. The van der Waals surface area contributed by atoms with E-state index in [2.05, 4.69) is 66.1 Å². The maximum absolute atomic E-state index is 6.57. The molecule has 2 aromatic rings. The van der Waals surface area contributed by atoms with Crippen LogP contribution in [0.3, 0.4) is 0 Å². The number of rotatable bonds is 4. The zero-order valence-electron chi connectivity index (χ0n) is 17.5. The van der Waals surface area contributed by atoms with Crippen LogP contribution in [0.1, 0.15) is 40.5 Å². The summed E-state index contributed by atoms with van der Waals surface area (Å²) in [5.41, 5.74) is 7.93. The van der Waals surface area contributed by atoms with Crippen molar-refractivity contribution in [1.29, 1.82) is 0 Å². The van der Waals surface area contributed by atoms with Gasteiger partial charge in [-0.3, -0.25) is 5.01 Å². The highest BCUT2D eigenvalue weighted by Crippen LogP contribution is 2.38. The van der Waals surface area contributed by atoms with Crippen LogP contribution in [-0.2, 0) is 0 Å². The third-order valence-corrected chi connectivity index (χ3v) is 6.75. The van der Waals surface area contributed by atoms with E-state index in [9.17, 15) is 0 Å². The molecule has 0 amide bonds. The molecular weight excluding hydrogens is 406 g/mol. The SMILES string of the molecule is CN(c1nnc(-c2ccc(N3C=CNN3)cc2Cl)s1)C1CC(C)(C)NC(C)(C)C1. The topological polar surface area (TPSA) is 68.4 Å². The van der Waals surface area contributed by atoms with Gasteiger partial charge < -0.3 is 15.6 Å². The molecule has 2 aliphatic heterocycles. The van der Waals surface area contributed by atoms with Gasteiger partial charge in [-0.2, -0.15) is 0 Å². The fourth-order valence-corrected chi connectivity index (χ4v) is 5.64. The Morgan fingerprint density at radius 2 is 1.90 bits per heavy atom. The van der Waals surface area contributed by atoms with Gasteiger partial charge in [0.25, 0.3) is 0 Å². The summed E-state index contributed by atoms with van der Waals surface area (Å²) in [6.45, 7) is 9.06. The first-order valence-electron chi connectivity index (χ1n) is 9.76. The van der Waals surface area contributed by atoms with Crippen molar-refractivity contribution >= 4 is 33.8 Å². The molecule has 0 bridgehead atoms. The van der Waals surface area contributed by atoms with E-state index >= 15 is 0 Å². The zero-order valence-corrected chi connectivity index (χ0v) is 19.0. The van der Waals surface area contributed by atoms with E-state index < -0.39 is 0 Å². The summed E-state index contributed by atoms with van der Waals surface area (Å²) in [6, 6.07) is 6.32. The van der Waals surface area contributed by atoms with Gasteiger partial charge in [0.15, 0.2) is 5.01 Å². The van der Waals surface area contributed by atoms with E-state index in [1.54, 1.807) is 11.3 Å². The van der Waals surface area contributed by atoms with E-state index in [-0.39, 0.29) is 11.1 Å². The standard InChI is InChI=1S/C20H28ClN7S/c1-19(2)11-14(12-20(3,4)25-19)27(5)18-24-23-17(29-18)15-7-6-13(10-16(15)21)28-9-8-22-26-28/h6-10,14,22,25-26H,11-12H2,1-5H3. The van der Waals surface area contributed by atoms with Crippen LogP contribution in [-0.4, -0.2) is 34.4 Å². The molecule has 1 saturated heterocycles. The molecule has 0 spiro atoms. The lowest BCUT2D eigenvalue weighted by Gasteiger charge is -2.48. The monoisotopic (exact) mass is 433 g/mol. The summed E-state index contributed by atoms with van der Waals surface area (Å²) in [5.74, 6) is 0. The summed E-state index contributed by atoms with van der Waals surface area (Å²) in [4.78, 5) is 2.28. The van der Waals surface area contributed by atoms with Crippen molar-refractivity contribution in [3.63, 3.8) is 0 Å². The second kappa shape index (κ2) is 7.43. The summed E-state index contributed by atoms with van der Waals surface area (Å²) in [5, 5.41) is 16.9. The molecule has 4 rings (SSSR count). The number of aromatic nitrogens is 2. The number of hydrogen-bond donors (Lipinski definition) is 3. The molecule has 3 heterocycles. The summed E-state index contributed by atoms with van der Waals surface area (Å²) >= 11 is 8.16. The highest BCUT2D eigenvalue weighted by atomic mass is 35.5. The van der Waals surface area contributed by atoms with Gasteiger partial charge in [0.05, 0.1) is 10.7 Å². The van der Waals surface area contributed by atoms with Crippen LogP contribution >= 0.6 is 22.9 Å². The van der Waals surface area contributed by atoms with Gasteiger partial charge in [-0.15, -0.1) is 15.7 Å². The van der Waals surface area contributed by atoms with E-state index in [0.29, 0.717) is 11.1 Å². The van der Waals surface area contributed by atoms with Crippen LogP contribution in [0.5, 0.6) is 0 Å². The third kappa shape index (κ3) is 4.35. The second-order valence-corrected chi connectivity index (χ2v) is 10.4. The molecule has 0 saturated carbocycles. The van der Waals surface area contributed by atoms with Crippen molar-refractivity contribution in [2.24, 2.45) is 0 Å². The molecule has 9 heteroatoms. The molecule has 29 heavy (non-hydrogen) atoms. The number of anilines is 2. The van der Waals surface area contributed by atoms with Gasteiger partial charge in [0.2, 0.25) is 5.13 Å². The van der Waals surface area contributed by atoms with Crippen LogP contribution in [0.25, 0.3) is 10.6 Å². The van der Waals surface area contributed by atoms with Gasteiger partial charge in [0.1, 0.15) is 0 Å². The number of benzene rings is 1. The molecule has 0 unspecified atom stereocenters. The molecule has 1 aromatic heterocycles. The molecule has 2 aliphatic rings. The Hall–Kier alpha value is -1.87. The fraction of sp³-hybridized carbons (Fsp3) is 0.500. The number of nitrogens with zero attached hydrogens (tertiary/aromatic N) is 4. The van der Waals surface area contributed by atoms with E-state index in [1.807, 2.05) is 35.6 Å². The predicted octanol–water partition coefficient (Wildman–Crippen LogP) is 3.90. The molecule has 0 atom stereocenters. The zero-order chi connectivity index (χ0) is 20.8. The van der Waals surface area contributed by atoms with Gasteiger partial charge in [-0.1, -0.05) is 22.9 Å². The minimum atomic E-state index is 0.0836. The van der Waals surface area contributed by atoms with Gasteiger partial charge >= 0.3 is 0 Å². The van der Waals surface area contributed by atoms with Crippen LogP contribution in [0.2, 0.25) is 5.02 Å². The van der Waals surface area contributed by atoms with Crippen LogP contribution in [0.4, 0.5) is 10.8 Å². The van der Waals surface area contributed by atoms with E-state index in [1.165, 1.54) is 0 Å². The fourth-order valence-electron chi connectivity index (χ4n) is 4.40. The maximum atomic E-state index is 6.57. The van der Waals surface area contributed by atoms with E-state index in [0.717, 1.165) is 34.2 Å². The lowest BCUT2D eigenvalue weighted by Crippen LogP contribution is -2.61. The first kappa shape index (κ1) is 20.4. The predicted molar refractivity (Wildman–Crippen MR) is 121 cm³/mol. The minimum absolute atomic E-state index is 0.0836. The van der Waals surface area contributed by atoms with Crippen molar-refractivity contribution in [2.75, 3.05) is 17.0 Å². The minimum Gasteiger partial charge on any atom is -0.347 e. The Morgan fingerprint density at radius 1 is 1.17 bits per heavy atom. The quantitative estimate of drug-likeness (QED) is 0.675. The summed E-state index contributed by atoms with van der Waals surface area (Å²) in [6.07, 6.45) is 5.83. The van der Waals surface area contributed by atoms with Gasteiger partial charge in [0, 0.05) is 42.1 Å². The van der Waals surface area contributed by atoms with Crippen molar-refractivity contribution in [1.82, 2.24) is 26.5 Å². The lowest BCUT2D eigenvalue weighted by molar-refractivity contribution is 0.161. The molecule has 7 nitrogen and oxygen atoms in total. The molecule has 0 aliphatic carbocycles. The largest absolute Gasteiger partial charge is 0.347 e. The molecule has 3 N–H and O–H groups in total. The first-order valence-corrected chi connectivity index (χ1v) is 11.0. The second-order valence-electron chi connectivity index (χ2n) is 9.06. The van der Waals surface area contributed by atoms with Gasteiger partial charge in [-0.25, -0.2) is 0 Å². The highest BCUT2D eigenvalue weighted by molar-refractivity contribution is 7.18.